The topological polar surface area (TPSA) is 101 Å². The van der Waals surface area contributed by atoms with Crippen LogP contribution in [0, 0.1) is 6.92 Å². The van der Waals surface area contributed by atoms with E-state index in [0.29, 0.717) is 23.2 Å². The smallest absolute Gasteiger partial charge is 0.327 e. The first-order valence-electron chi connectivity index (χ1n) is 11.9. The zero-order valence-corrected chi connectivity index (χ0v) is 23.9. The van der Waals surface area contributed by atoms with Gasteiger partial charge in [0, 0.05) is 11.6 Å². The van der Waals surface area contributed by atoms with Crippen molar-refractivity contribution in [3.8, 4) is 0 Å². The number of sulfonamides is 2. The number of anilines is 2. The molecule has 0 N–H and O–H groups in total. The van der Waals surface area contributed by atoms with Crippen molar-refractivity contribution in [3.63, 3.8) is 0 Å². The van der Waals surface area contributed by atoms with Crippen molar-refractivity contribution in [1.29, 1.82) is 0 Å². The van der Waals surface area contributed by atoms with Crippen LogP contribution in [-0.4, -0.2) is 41.5 Å². The largest absolute Gasteiger partial charge is 0.459 e. The molecule has 38 heavy (non-hydrogen) atoms. The van der Waals surface area contributed by atoms with Crippen molar-refractivity contribution in [3.05, 3.63) is 82.9 Å². The van der Waals surface area contributed by atoms with Crippen LogP contribution in [0.3, 0.4) is 0 Å². The molecule has 0 atom stereocenters. The van der Waals surface area contributed by atoms with Crippen molar-refractivity contribution < 1.29 is 26.4 Å². The number of carbonyl (C=O) groups is 1. The molecule has 11 heteroatoms. The molecule has 1 aliphatic rings. The molecule has 0 unspecified atom stereocenters. The lowest BCUT2D eigenvalue weighted by Gasteiger charge is -2.27. The molecule has 0 aliphatic carbocycles. The summed E-state index contributed by atoms with van der Waals surface area (Å²) in [5.41, 5.74) is 1.15. The molecule has 4 rings (SSSR count). The number of hydrogen-bond acceptors (Lipinski definition) is 6. The van der Waals surface area contributed by atoms with E-state index in [9.17, 15) is 21.6 Å². The summed E-state index contributed by atoms with van der Waals surface area (Å²) in [6, 6.07) is 17.2. The minimum Gasteiger partial charge on any atom is -0.459 e. The lowest BCUT2D eigenvalue weighted by molar-refractivity contribution is -0.152. The summed E-state index contributed by atoms with van der Waals surface area (Å²) >= 11 is 6.15. The van der Waals surface area contributed by atoms with Crippen LogP contribution < -0.4 is 8.61 Å². The molecule has 0 radical (unpaired) electrons. The van der Waals surface area contributed by atoms with Gasteiger partial charge in [0.25, 0.3) is 20.0 Å². The maximum absolute atomic E-state index is 13.8. The Bertz CT molecular complexity index is 1560. The fourth-order valence-corrected chi connectivity index (χ4v) is 7.68. The second-order valence-electron chi connectivity index (χ2n) is 10.0. The molecule has 0 saturated carbocycles. The van der Waals surface area contributed by atoms with E-state index in [1.165, 1.54) is 34.6 Å². The Morgan fingerprint density at radius 3 is 2.29 bits per heavy atom. The van der Waals surface area contributed by atoms with Gasteiger partial charge in [0.2, 0.25) is 0 Å². The van der Waals surface area contributed by atoms with Gasteiger partial charge in [0.1, 0.15) is 12.1 Å². The van der Waals surface area contributed by atoms with E-state index in [4.69, 9.17) is 16.3 Å². The standard InChI is InChI=1S/C27H29ClN2O6S2/c1-19-14-21(28)17-24(15-19)38(34,35)30(18-26(31)36-27(2,3)4)22-10-11-25-20(16-22)12-13-29(25)37(32,33)23-8-6-5-7-9-23/h5-11,14-17H,12-13,18H2,1-4H3. The Balaban J connectivity index is 1.76. The predicted molar refractivity (Wildman–Crippen MR) is 148 cm³/mol. The summed E-state index contributed by atoms with van der Waals surface area (Å²) in [5, 5.41) is 0.247. The zero-order valence-electron chi connectivity index (χ0n) is 21.5. The van der Waals surface area contributed by atoms with Crippen LogP contribution in [0.5, 0.6) is 0 Å². The second kappa shape index (κ2) is 10.2. The highest BCUT2D eigenvalue weighted by Gasteiger charge is 2.34. The summed E-state index contributed by atoms with van der Waals surface area (Å²) in [4.78, 5) is 12.9. The van der Waals surface area contributed by atoms with E-state index in [1.54, 1.807) is 64.1 Å². The average molecular weight is 577 g/mol. The highest BCUT2D eigenvalue weighted by molar-refractivity contribution is 7.93. The number of benzene rings is 3. The number of aryl methyl sites for hydroxylation is 1. The highest BCUT2D eigenvalue weighted by atomic mass is 35.5. The monoisotopic (exact) mass is 576 g/mol. The van der Waals surface area contributed by atoms with Gasteiger partial charge in [-0.25, -0.2) is 16.8 Å². The normalized spacial score (nSPS) is 13.8. The third kappa shape index (κ3) is 5.82. The fraction of sp³-hybridized carbons (Fsp3) is 0.296. The molecule has 3 aromatic carbocycles. The number of carbonyl (C=O) groups excluding carboxylic acids is 1. The number of rotatable bonds is 7. The quantitative estimate of drug-likeness (QED) is 0.369. The van der Waals surface area contributed by atoms with Gasteiger partial charge in [-0.05, 0) is 93.8 Å². The van der Waals surface area contributed by atoms with Gasteiger partial charge >= 0.3 is 5.97 Å². The molecule has 0 aromatic heterocycles. The first-order chi connectivity index (χ1) is 17.7. The SMILES string of the molecule is Cc1cc(Cl)cc(S(=O)(=O)N(CC(=O)OC(C)(C)C)c2ccc3c(c2)CCN3S(=O)(=O)c2ccccc2)c1. The first kappa shape index (κ1) is 27.9. The summed E-state index contributed by atoms with van der Waals surface area (Å²) in [6.45, 7) is 6.45. The van der Waals surface area contributed by atoms with E-state index >= 15 is 0 Å². The second-order valence-corrected chi connectivity index (χ2v) is 14.2. The van der Waals surface area contributed by atoms with Crippen molar-refractivity contribution in [2.45, 2.75) is 49.5 Å². The molecule has 1 heterocycles. The number of halogens is 1. The average Bonchev–Trinajstić information content (AvgIpc) is 3.25. The van der Waals surface area contributed by atoms with Crippen LogP contribution in [0.15, 0.2) is 76.5 Å². The van der Waals surface area contributed by atoms with Crippen molar-refractivity contribution in [2.75, 3.05) is 21.7 Å². The minimum atomic E-state index is -4.24. The number of hydrogen-bond donors (Lipinski definition) is 0. The van der Waals surface area contributed by atoms with E-state index in [0.717, 1.165) is 4.31 Å². The van der Waals surface area contributed by atoms with Gasteiger partial charge in [0.05, 0.1) is 21.2 Å². The zero-order chi connectivity index (χ0) is 27.9. The van der Waals surface area contributed by atoms with Gasteiger partial charge in [-0.15, -0.1) is 0 Å². The van der Waals surface area contributed by atoms with E-state index < -0.39 is 38.2 Å². The molecule has 0 spiro atoms. The summed E-state index contributed by atoms with van der Waals surface area (Å²) in [7, 11) is -8.03. The molecule has 3 aromatic rings. The molecule has 0 saturated heterocycles. The molecule has 202 valence electrons. The lowest BCUT2D eigenvalue weighted by atomic mass is 10.1. The molecular weight excluding hydrogens is 548 g/mol. The molecule has 0 fully saturated rings. The maximum Gasteiger partial charge on any atom is 0.327 e. The van der Waals surface area contributed by atoms with E-state index in [-0.39, 0.29) is 27.0 Å². The molecule has 0 amide bonds. The van der Waals surface area contributed by atoms with Gasteiger partial charge in [-0.2, -0.15) is 0 Å². The molecule has 8 nitrogen and oxygen atoms in total. The summed E-state index contributed by atoms with van der Waals surface area (Å²) in [6.07, 6.45) is 0.381. The third-order valence-corrected chi connectivity index (χ3v) is 9.63. The molecule has 0 bridgehead atoms. The highest BCUT2D eigenvalue weighted by Crippen LogP contribution is 2.37. The third-order valence-electron chi connectivity index (χ3n) is 5.83. The Hall–Kier alpha value is -3.08. The number of fused-ring (bicyclic) bond motifs is 1. The maximum atomic E-state index is 13.8. The lowest BCUT2D eigenvalue weighted by Crippen LogP contribution is -2.39. The van der Waals surface area contributed by atoms with Crippen LogP contribution in [0.25, 0.3) is 0 Å². The number of nitrogens with zero attached hydrogens (tertiary/aromatic N) is 2. The van der Waals surface area contributed by atoms with Crippen molar-refractivity contribution in [1.82, 2.24) is 0 Å². The summed E-state index contributed by atoms with van der Waals surface area (Å²) < 4.78 is 61.8. The molecule has 1 aliphatic heterocycles. The van der Waals surface area contributed by atoms with Gasteiger partial charge < -0.3 is 4.74 Å². The first-order valence-corrected chi connectivity index (χ1v) is 15.2. The van der Waals surface area contributed by atoms with Crippen LogP contribution in [0.1, 0.15) is 31.9 Å². The summed E-state index contributed by atoms with van der Waals surface area (Å²) in [5.74, 6) is -0.728. The Kier molecular flexibility index (Phi) is 7.53. The van der Waals surface area contributed by atoms with Crippen LogP contribution in [0.4, 0.5) is 11.4 Å². The fourth-order valence-electron chi connectivity index (χ4n) is 4.27. The Morgan fingerprint density at radius 1 is 0.974 bits per heavy atom. The van der Waals surface area contributed by atoms with Crippen molar-refractivity contribution >= 4 is 49.0 Å². The minimum absolute atomic E-state index is 0.0696. The van der Waals surface area contributed by atoms with E-state index in [1.807, 2.05) is 0 Å². The van der Waals surface area contributed by atoms with Gasteiger partial charge in [-0.3, -0.25) is 13.4 Å². The van der Waals surface area contributed by atoms with Crippen LogP contribution in [-0.2, 0) is 36.0 Å². The van der Waals surface area contributed by atoms with E-state index in [2.05, 4.69) is 0 Å². The number of esters is 1. The predicted octanol–water partition coefficient (Wildman–Crippen LogP) is 4.94. The molecular formula is C27H29ClN2O6S2. The number of ether oxygens (including phenoxy) is 1. The van der Waals surface area contributed by atoms with Crippen molar-refractivity contribution in [2.24, 2.45) is 0 Å². The van der Waals surface area contributed by atoms with Gasteiger partial charge in [0.15, 0.2) is 0 Å². The Morgan fingerprint density at radius 2 is 1.66 bits per heavy atom. The van der Waals surface area contributed by atoms with Crippen LogP contribution >= 0.6 is 11.6 Å². The van der Waals surface area contributed by atoms with Gasteiger partial charge in [-0.1, -0.05) is 29.8 Å². The van der Waals surface area contributed by atoms with Crippen LogP contribution in [0.2, 0.25) is 5.02 Å². The Labute approximate surface area is 228 Å².